The Morgan fingerprint density at radius 1 is 1.00 bits per heavy atom. The van der Waals surface area contributed by atoms with E-state index in [9.17, 15) is 4.79 Å². The van der Waals surface area contributed by atoms with Crippen LogP contribution in [0.3, 0.4) is 0 Å². The first-order chi connectivity index (χ1) is 14.0. The highest BCUT2D eigenvalue weighted by Crippen LogP contribution is 2.30. The number of aryl methyl sites for hydroxylation is 2. The minimum atomic E-state index is -0.596. The first-order valence-corrected chi connectivity index (χ1v) is 10.3. The molecule has 3 aromatic carbocycles. The third-order valence-corrected chi connectivity index (χ3v) is 5.94. The molecule has 0 saturated heterocycles. The molecule has 0 aliphatic rings. The van der Waals surface area contributed by atoms with Crippen LogP contribution >= 0.6 is 11.3 Å². The van der Waals surface area contributed by atoms with Crippen LogP contribution in [0.4, 0.5) is 5.69 Å². The molecule has 146 valence electrons. The molecule has 0 saturated carbocycles. The van der Waals surface area contributed by atoms with E-state index in [1.165, 1.54) is 5.56 Å². The fraction of sp³-hybridized carbons (Fsp3) is 0.167. The smallest absolute Gasteiger partial charge is 0.265 e. The van der Waals surface area contributed by atoms with Crippen LogP contribution in [0, 0.1) is 13.8 Å². The molecule has 0 aliphatic carbocycles. The lowest BCUT2D eigenvalue weighted by molar-refractivity contribution is -0.122. The number of hydrogen-bond acceptors (Lipinski definition) is 4. The van der Waals surface area contributed by atoms with Gasteiger partial charge in [-0.1, -0.05) is 18.2 Å². The summed E-state index contributed by atoms with van der Waals surface area (Å²) in [5.41, 5.74) is 5.10. The maximum absolute atomic E-state index is 12.5. The Hall–Kier alpha value is -3.18. The van der Waals surface area contributed by atoms with Crippen molar-refractivity contribution in [3.63, 3.8) is 0 Å². The third-order valence-electron chi connectivity index (χ3n) is 4.85. The predicted octanol–water partition coefficient (Wildman–Crippen LogP) is 5.99. The Bertz CT molecular complexity index is 1130. The minimum Gasteiger partial charge on any atom is -0.481 e. The molecule has 1 N–H and O–H groups in total. The fourth-order valence-corrected chi connectivity index (χ4v) is 3.95. The van der Waals surface area contributed by atoms with E-state index in [4.69, 9.17) is 4.74 Å². The number of carbonyl (C=O) groups excluding carboxylic acids is 1. The molecule has 1 aromatic heterocycles. The number of nitrogens with one attached hydrogen (secondary N) is 1. The predicted molar refractivity (Wildman–Crippen MR) is 120 cm³/mol. The Balaban J connectivity index is 1.42. The van der Waals surface area contributed by atoms with Crippen molar-refractivity contribution in [2.75, 3.05) is 5.32 Å². The maximum atomic E-state index is 12.5. The van der Waals surface area contributed by atoms with E-state index in [0.717, 1.165) is 32.0 Å². The lowest BCUT2D eigenvalue weighted by atomic mass is 10.1. The van der Waals surface area contributed by atoms with Gasteiger partial charge >= 0.3 is 0 Å². The lowest BCUT2D eigenvalue weighted by Crippen LogP contribution is -2.30. The van der Waals surface area contributed by atoms with Gasteiger partial charge in [0.1, 0.15) is 10.8 Å². The van der Waals surface area contributed by atoms with Crippen molar-refractivity contribution in [3.8, 4) is 16.3 Å². The third kappa shape index (κ3) is 4.30. The number of carbonyl (C=O) groups is 1. The summed E-state index contributed by atoms with van der Waals surface area (Å²) in [5.74, 6) is 0.512. The summed E-state index contributed by atoms with van der Waals surface area (Å²) in [5, 5.41) is 3.88. The second-order valence-electron chi connectivity index (χ2n) is 7.06. The summed E-state index contributed by atoms with van der Waals surface area (Å²) in [4.78, 5) is 17.2. The Labute approximate surface area is 174 Å². The van der Waals surface area contributed by atoms with Crippen molar-refractivity contribution < 1.29 is 9.53 Å². The summed E-state index contributed by atoms with van der Waals surface area (Å²) < 4.78 is 6.95. The van der Waals surface area contributed by atoms with Crippen molar-refractivity contribution in [3.05, 3.63) is 77.9 Å². The van der Waals surface area contributed by atoms with Gasteiger partial charge in [-0.15, -0.1) is 11.3 Å². The van der Waals surface area contributed by atoms with E-state index in [2.05, 4.69) is 16.4 Å². The topological polar surface area (TPSA) is 51.2 Å². The molecule has 1 heterocycles. The van der Waals surface area contributed by atoms with Crippen LogP contribution < -0.4 is 10.1 Å². The van der Waals surface area contributed by atoms with Crippen molar-refractivity contribution in [2.45, 2.75) is 26.9 Å². The highest BCUT2D eigenvalue weighted by molar-refractivity contribution is 7.21. The van der Waals surface area contributed by atoms with Crippen molar-refractivity contribution in [2.24, 2.45) is 0 Å². The average molecular weight is 403 g/mol. The average Bonchev–Trinajstić information content (AvgIpc) is 3.15. The van der Waals surface area contributed by atoms with Gasteiger partial charge in [-0.3, -0.25) is 4.79 Å². The van der Waals surface area contributed by atoms with Crippen LogP contribution in [-0.2, 0) is 4.79 Å². The van der Waals surface area contributed by atoms with E-state index >= 15 is 0 Å². The summed E-state index contributed by atoms with van der Waals surface area (Å²) in [7, 11) is 0. The van der Waals surface area contributed by atoms with Crippen molar-refractivity contribution in [1.82, 2.24) is 4.98 Å². The first-order valence-electron chi connectivity index (χ1n) is 9.50. The van der Waals surface area contributed by atoms with Crippen LogP contribution in [0.15, 0.2) is 66.7 Å². The summed E-state index contributed by atoms with van der Waals surface area (Å²) in [6.07, 6.45) is -0.596. The number of benzene rings is 3. The molecule has 0 spiro atoms. The number of amides is 1. The summed E-state index contributed by atoms with van der Waals surface area (Å²) in [6, 6.07) is 21.7. The summed E-state index contributed by atoms with van der Waals surface area (Å²) >= 11 is 1.66. The molecular formula is C24H22N2O2S. The zero-order valence-electron chi connectivity index (χ0n) is 16.6. The van der Waals surface area contributed by atoms with Gasteiger partial charge in [-0.05, 0) is 80.4 Å². The number of thiazole rings is 1. The van der Waals surface area contributed by atoms with Gasteiger partial charge in [0.25, 0.3) is 5.91 Å². The molecule has 4 rings (SSSR count). The number of fused-ring (bicyclic) bond motifs is 1. The van der Waals surface area contributed by atoms with Gasteiger partial charge in [-0.25, -0.2) is 4.98 Å². The molecule has 4 nitrogen and oxygen atoms in total. The molecule has 0 bridgehead atoms. The van der Waals surface area contributed by atoms with Crippen LogP contribution in [0.1, 0.15) is 18.1 Å². The number of nitrogens with zero attached hydrogens (tertiary/aromatic N) is 1. The van der Waals surface area contributed by atoms with Crippen LogP contribution in [-0.4, -0.2) is 17.0 Å². The minimum absolute atomic E-state index is 0.184. The number of para-hydroxylation sites is 1. The van der Waals surface area contributed by atoms with Crippen molar-refractivity contribution >= 4 is 33.1 Å². The molecule has 4 aromatic rings. The summed E-state index contributed by atoms with van der Waals surface area (Å²) in [6.45, 7) is 5.83. The second-order valence-corrected chi connectivity index (χ2v) is 8.09. The monoisotopic (exact) mass is 402 g/mol. The highest BCUT2D eigenvalue weighted by atomic mass is 32.1. The van der Waals surface area contributed by atoms with Crippen molar-refractivity contribution in [1.29, 1.82) is 0 Å². The largest absolute Gasteiger partial charge is 0.481 e. The molecule has 1 amide bonds. The first kappa shape index (κ1) is 19.2. The van der Waals surface area contributed by atoms with Gasteiger partial charge < -0.3 is 10.1 Å². The van der Waals surface area contributed by atoms with E-state index in [1.54, 1.807) is 18.3 Å². The number of anilines is 1. The van der Waals surface area contributed by atoms with E-state index in [-0.39, 0.29) is 5.91 Å². The van der Waals surface area contributed by atoms with Crippen LogP contribution in [0.5, 0.6) is 5.75 Å². The van der Waals surface area contributed by atoms with Gasteiger partial charge in [0.2, 0.25) is 0 Å². The van der Waals surface area contributed by atoms with E-state index in [0.29, 0.717) is 5.75 Å². The molecule has 0 radical (unpaired) electrons. The maximum Gasteiger partial charge on any atom is 0.265 e. The zero-order valence-corrected chi connectivity index (χ0v) is 17.4. The Morgan fingerprint density at radius 2 is 1.76 bits per heavy atom. The Morgan fingerprint density at radius 3 is 2.48 bits per heavy atom. The number of ether oxygens (including phenoxy) is 1. The molecule has 1 atom stereocenters. The molecule has 0 unspecified atom stereocenters. The number of hydrogen-bond donors (Lipinski definition) is 1. The van der Waals surface area contributed by atoms with E-state index < -0.39 is 6.10 Å². The second kappa shape index (κ2) is 8.05. The van der Waals surface area contributed by atoms with Gasteiger partial charge in [0.05, 0.1) is 10.2 Å². The Kier molecular flexibility index (Phi) is 5.32. The quantitative estimate of drug-likeness (QED) is 0.446. The number of rotatable bonds is 5. The molecular weight excluding hydrogens is 380 g/mol. The molecule has 5 heteroatoms. The van der Waals surface area contributed by atoms with E-state index in [1.807, 2.05) is 74.5 Å². The highest BCUT2D eigenvalue weighted by Gasteiger charge is 2.15. The van der Waals surface area contributed by atoms with Gasteiger partial charge in [0, 0.05) is 11.3 Å². The zero-order chi connectivity index (χ0) is 20.4. The van der Waals surface area contributed by atoms with Gasteiger partial charge in [0.15, 0.2) is 6.10 Å². The normalized spacial score (nSPS) is 12.0. The standard InChI is InChI=1S/C24H22N2O2S/c1-15-8-13-20(14-16(15)2)28-17(3)23(27)25-19-11-9-18(10-12-19)24-26-21-6-4-5-7-22(21)29-24/h4-14,17H,1-3H3,(H,25,27)/t17-/m1/s1. The molecule has 0 aliphatic heterocycles. The molecule has 0 fully saturated rings. The van der Waals surface area contributed by atoms with Crippen LogP contribution in [0.2, 0.25) is 0 Å². The lowest BCUT2D eigenvalue weighted by Gasteiger charge is -2.15. The van der Waals surface area contributed by atoms with Gasteiger partial charge in [-0.2, -0.15) is 0 Å². The fourth-order valence-electron chi connectivity index (χ4n) is 2.98. The molecule has 29 heavy (non-hydrogen) atoms. The number of aromatic nitrogens is 1. The van der Waals surface area contributed by atoms with Crippen LogP contribution in [0.25, 0.3) is 20.8 Å². The SMILES string of the molecule is Cc1ccc(O[C@H](C)C(=O)Nc2ccc(-c3nc4ccccc4s3)cc2)cc1C.